The average molecular weight is 428 g/mol. The fourth-order valence-electron chi connectivity index (χ4n) is 4.74. The van der Waals surface area contributed by atoms with Crippen LogP contribution >= 0.6 is 0 Å². The van der Waals surface area contributed by atoms with Gasteiger partial charge in [-0.3, -0.25) is 4.79 Å². The zero-order valence-corrected chi connectivity index (χ0v) is 19.4. The standard InChI is InChI=1S/C26H29N5O/c1-16-17(2)21(31-14-12-30(5)13-15-31)11-10-18(16)22-24-23(27-26(28-24)29(3)4)19-8-6-7-9-20(19)25(22)32/h6-11H,12-15H2,1-5H3. The quantitative estimate of drug-likeness (QED) is 0.737. The Labute approximate surface area is 189 Å². The van der Waals surface area contributed by atoms with Crippen LogP contribution in [0.25, 0.3) is 5.57 Å². The molecule has 2 heterocycles. The van der Waals surface area contributed by atoms with Gasteiger partial charge in [0.15, 0.2) is 5.78 Å². The predicted molar refractivity (Wildman–Crippen MR) is 131 cm³/mol. The Bertz CT molecular complexity index is 1210. The van der Waals surface area contributed by atoms with Crippen molar-refractivity contribution in [2.45, 2.75) is 13.8 Å². The van der Waals surface area contributed by atoms with Gasteiger partial charge in [-0.15, -0.1) is 0 Å². The molecule has 6 heteroatoms. The Balaban J connectivity index is 1.65. The van der Waals surface area contributed by atoms with Crippen LogP contribution < -0.4 is 4.90 Å². The molecule has 0 amide bonds. The number of likely N-dealkylation sites (N-methyl/N-ethyl adjacent to an activating group) is 1. The lowest BCUT2D eigenvalue weighted by molar-refractivity contribution is 0.105. The highest BCUT2D eigenvalue weighted by atomic mass is 16.1. The molecule has 0 radical (unpaired) electrons. The van der Waals surface area contributed by atoms with Crippen molar-refractivity contribution in [2.75, 3.05) is 52.2 Å². The van der Waals surface area contributed by atoms with E-state index in [9.17, 15) is 4.79 Å². The van der Waals surface area contributed by atoms with E-state index in [2.05, 4.69) is 42.8 Å². The molecule has 1 aliphatic carbocycles. The second-order valence-electron chi connectivity index (χ2n) is 9.04. The molecule has 2 aromatic rings. The molecule has 0 spiro atoms. The topological polar surface area (TPSA) is 51.5 Å². The van der Waals surface area contributed by atoms with E-state index in [0.29, 0.717) is 22.8 Å². The number of aliphatic imine (C=N–C) groups is 2. The van der Waals surface area contributed by atoms with Crippen LogP contribution in [0, 0.1) is 13.8 Å². The molecule has 1 fully saturated rings. The molecule has 0 unspecified atom stereocenters. The maximum absolute atomic E-state index is 13.7. The molecule has 32 heavy (non-hydrogen) atoms. The van der Waals surface area contributed by atoms with Crippen LogP contribution in [0.5, 0.6) is 0 Å². The summed E-state index contributed by atoms with van der Waals surface area (Å²) in [7, 11) is 6.02. The minimum atomic E-state index is 0.0214. The van der Waals surface area contributed by atoms with E-state index in [0.717, 1.165) is 48.6 Å². The van der Waals surface area contributed by atoms with Crippen LogP contribution in [0.15, 0.2) is 52.1 Å². The molecule has 2 aliphatic heterocycles. The number of hydrogen-bond acceptors (Lipinski definition) is 6. The number of allylic oxidation sites excluding steroid dienone is 2. The van der Waals surface area contributed by atoms with Gasteiger partial charge >= 0.3 is 0 Å². The van der Waals surface area contributed by atoms with Gasteiger partial charge in [-0.2, -0.15) is 0 Å². The number of anilines is 1. The van der Waals surface area contributed by atoms with Crippen molar-refractivity contribution in [1.29, 1.82) is 0 Å². The number of Topliss-reactive ketones (excluding diaryl/α,β-unsaturated/α-hetero) is 1. The maximum Gasteiger partial charge on any atom is 0.226 e. The maximum atomic E-state index is 13.7. The molecule has 6 nitrogen and oxygen atoms in total. The average Bonchev–Trinajstić information content (AvgIpc) is 3.23. The summed E-state index contributed by atoms with van der Waals surface area (Å²) in [5.74, 6) is 0.647. The van der Waals surface area contributed by atoms with E-state index in [1.807, 2.05) is 43.3 Å². The predicted octanol–water partition coefficient (Wildman–Crippen LogP) is 3.38. The summed E-state index contributed by atoms with van der Waals surface area (Å²) in [5.41, 5.74) is 8.25. The van der Waals surface area contributed by atoms with Crippen molar-refractivity contribution in [3.8, 4) is 0 Å². The first kappa shape index (κ1) is 20.6. The minimum Gasteiger partial charge on any atom is -0.369 e. The van der Waals surface area contributed by atoms with Crippen LogP contribution in [-0.2, 0) is 0 Å². The molecule has 0 bridgehead atoms. The number of piperazine rings is 1. The number of nitrogens with zero attached hydrogens (tertiary/aromatic N) is 5. The molecule has 5 rings (SSSR count). The first-order chi connectivity index (χ1) is 15.4. The van der Waals surface area contributed by atoms with Gasteiger partial charge < -0.3 is 14.7 Å². The van der Waals surface area contributed by atoms with Crippen LogP contribution in [-0.4, -0.2) is 74.6 Å². The fourth-order valence-corrected chi connectivity index (χ4v) is 4.74. The summed E-state index contributed by atoms with van der Waals surface area (Å²) in [6.45, 7) is 8.44. The number of carbonyl (C=O) groups excluding carboxylic acids is 1. The van der Waals surface area contributed by atoms with Crippen LogP contribution in [0.4, 0.5) is 5.69 Å². The van der Waals surface area contributed by atoms with E-state index >= 15 is 0 Å². The Morgan fingerprint density at radius 3 is 2.22 bits per heavy atom. The monoisotopic (exact) mass is 427 g/mol. The number of guanidine groups is 1. The summed E-state index contributed by atoms with van der Waals surface area (Å²) in [4.78, 5) is 30.0. The van der Waals surface area contributed by atoms with E-state index in [-0.39, 0.29) is 5.78 Å². The highest BCUT2D eigenvalue weighted by Gasteiger charge is 2.35. The molecule has 3 aliphatic rings. The SMILES string of the molecule is Cc1c(C2=C3N=C(N(C)C)N=C3c3ccccc3C2=O)ccc(N2CCN(C)CC2)c1C. The van der Waals surface area contributed by atoms with E-state index in [4.69, 9.17) is 9.98 Å². The Morgan fingerprint density at radius 1 is 0.844 bits per heavy atom. The summed E-state index contributed by atoms with van der Waals surface area (Å²) in [6, 6.07) is 12.0. The molecule has 164 valence electrons. The minimum absolute atomic E-state index is 0.0214. The molecular weight excluding hydrogens is 398 g/mol. The van der Waals surface area contributed by atoms with Crippen LogP contribution in [0.1, 0.15) is 32.6 Å². The summed E-state index contributed by atoms with van der Waals surface area (Å²) >= 11 is 0. The number of ketones is 1. The van der Waals surface area contributed by atoms with Crippen molar-refractivity contribution in [3.05, 3.63) is 69.9 Å². The second-order valence-corrected chi connectivity index (χ2v) is 9.04. The Hall–Kier alpha value is -3.25. The van der Waals surface area contributed by atoms with E-state index in [1.165, 1.54) is 11.3 Å². The zero-order valence-electron chi connectivity index (χ0n) is 19.4. The fraction of sp³-hybridized carbons (Fsp3) is 0.346. The Morgan fingerprint density at radius 2 is 1.53 bits per heavy atom. The molecular formula is C26H29N5O. The lowest BCUT2D eigenvalue weighted by Crippen LogP contribution is -2.44. The van der Waals surface area contributed by atoms with Gasteiger partial charge in [-0.25, -0.2) is 9.98 Å². The highest BCUT2D eigenvalue weighted by Crippen LogP contribution is 2.39. The number of carbonyl (C=O) groups is 1. The lowest BCUT2D eigenvalue weighted by atomic mass is 9.82. The molecule has 0 aromatic heterocycles. The number of rotatable bonds is 2. The third-order valence-corrected chi connectivity index (χ3v) is 6.81. The van der Waals surface area contributed by atoms with Crippen molar-refractivity contribution in [3.63, 3.8) is 0 Å². The summed E-state index contributed by atoms with van der Waals surface area (Å²) < 4.78 is 0. The molecule has 1 saturated heterocycles. The summed E-state index contributed by atoms with van der Waals surface area (Å²) in [5, 5.41) is 0. The van der Waals surface area contributed by atoms with Crippen LogP contribution in [0.2, 0.25) is 0 Å². The second kappa shape index (κ2) is 7.71. The van der Waals surface area contributed by atoms with Gasteiger partial charge in [0.05, 0.1) is 5.57 Å². The van der Waals surface area contributed by atoms with E-state index < -0.39 is 0 Å². The van der Waals surface area contributed by atoms with Crippen molar-refractivity contribution < 1.29 is 4.79 Å². The third kappa shape index (κ3) is 3.17. The number of fused-ring (bicyclic) bond motifs is 3. The smallest absolute Gasteiger partial charge is 0.226 e. The van der Waals surface area contributed by atoms with Crippen molar-refractivity contribution in [2.24, 2.45) is 9.98 Å². The molecule has 0 saturated carbocycles. The van der Waals surface area contributed by atoms with Gasteiger partial charge in [-0.1, -0.05) is 30.3 Å². The zero-order chi connectivity index (χ0) is 22.6. The van der Waals surface area contributed by atoms with Crippen molar-refractivity contribution in [1.82, 2.24) is 9.80 Å². The van der Waals surface area contributed by atoms with Gasteiger partial charge in [0.2, 0.25) is 5.96 Å². The third-order valence-electron chi connectivity index (χ3n) is 6.81. The number of hydrogen-bond donors (Lipinski definition) is 0. The highest BCUT2D eigenvalue weighted by molar-refractivity contribution is 6.43. The van der Waals surface area contributed by atoms with Crippen molar-refractivity contribution >= 4 is 28.7 Å². The summed E-state index contributed by atoms with van der Waals surface area (Å²) in [6.07, 6.45) is 0. The van der Waals surface area contributed by atoms with Gasteiger partial charge in [-0.05, 0) is 43.7 Å². The first-order valence-corrected chi connectivity index (χ1v) is 11.1. The Kier molecular flexibility index (Phi) is 4.97. The van der Waals surface area contributed by atoms with Gasteiger partial charge in [0, 0.05) is 57.1 Å². The number of benzene rings is 2. The molecule has 0 atom stereocenters. The van der Waals surface area contributed by atoms with E-state index in [1.54, 1.807) is 0 Å². The van der Waals surface area contributed by atoms with Gasteiger partial charge in [0.25, 0.3) is 0 Å². The molecule has 0 N–H and O–H groups in total. The van der Waals surface area contributed by atoms with Crippen LogP contribution in [0.3, 0.4) is 0 Å². The first-order valence-electron chi connectivity index (χ1n) is 11.1. The largest absolute Gasteiger partial charge is 0.369 e. The lowest BCUT2D eigenvalue weighted by Gasteiger charge is -2.35. The normalized spacial score (nSPS) is 18.4. The molecule has 2 aromatic carbocycles. The van der Waals surface area contributed by atoms with Gasteiger partial charge in [0.1, 0.15) is 11.4 Å².